The second-order valence-corrected chi connectivity index (χ2v) is 8.07. The number of carbonyl (C=O) groups is 1. The summed E-state index contributed by atoms with van der Waals surface area (Å²) in [6, 6.07) is 6.11. The van der Waals surface area contributed by atoms with Gasteiger partial charge in [0.2, 0.25) is 0 Å². The smallest absolute Gasteiger partial charge is 0.305 e. The number of aromatic amines is 1. The van der Waals surface area contributed by atoms with Crippen molar-refractivity contribution in [3.63, 3.8) is 0 Å². The molecule has 0 amide bonds. The van der Waals surface area contributed by atoms with E-state index < -0.39 is 5.97 Å². The Bertz CT molecular complexity index is 861. The number of ether oxygens (including phenoxy) is 1. The van der Waals surface area contributed by atoms with Crippen molar-refractivity contribution >= 4 is 51.0 Å². The lowest BCUT2D eigenvalue weighted by molar-refractivity contribution is -0.137. The van der Waals surface area contributed by atoms with Gasteiger partial charge in [0.05, 0.1) is 29.4 Å². The van der Waals surface area contributed by atoms with Crippen molar-refractivity contribution in [2.24, 2.45) is 4.99 Å². The summed E-state index contributed by atoms with van der Waals surface area (Å²) in [6.07, 6.45) is 2.01. The van der Waals surface area contributed by atoms with Crippen LogP contribution >= 0.6 is 23.4 Å². The van der Waals surface area contributed by atoms with Gasteiger partial charge >= 0.3 is 5.97 Å². The first-order chi connectivity index (χ1) is 12.6. The van der Waals surface area contributed by atoms with Crippen LogP contribution in [0.15, 0.2) is 23.2 Å². The summed E-state index contributed by atoms with van der Waals surface area (Å²) < 4.78 is 5.42. The van der Waals surface area contributed by atoms with Crippen LogP contribution in [-0.4, -0.2) is 52.2 Å². The van der Waals surface area contributed by atoms with E-state index in [1.54, 1.807) is 11.8 Å². The van der Waals surface area contributed by atoms with Gasteiger partial charge < -0.3 is 20.1 Å². The molecule has 0 aliphatic carbocycles. The number of aliphatic imine (C=N–C) groups is 1. The van der Waals surface area contributed by atoms with Crippen molar-refractivity contribution in [2.75, 3.05) is 24.3 Å². The van der Waals surface area contributed by atoms with Gasteiger partial charge in [-0.1, -0.05) is 11.6 Å². The highest BCUT2D eigenvalue weighted by Gasteiger charge is 2.23. The van der Waals surface area contributed by atoms with Crippen LogP contribution in [0.5, 0.6) is 0 Å². The zero-order valence-electron chi connectivity index (χ0n) is 14.1. The van der Waals surface area contributed by atoms with E-state index >= 15 is 0 Å². The van der Waals surface area contributed by atoms with Crippen molar-refractivity contribution in [2.45, 2.75) is 31.3 Å². The maximum absolute atomic E-state index is 10.9. The van der Waals surface area contributed by atoms with Crippen LogP contribution in [0.3, 0.4) is 0 Å². The minimum atomic E-state index is -0.813. The Kier molecular flexibility index (Phi) is 5.11. The summed E-state index contributed by atoms with van der Waals surface area (Å²) >= 11 is 7.90. The van der Waals surface area contributed by atoms with E-state index in [0.717, 1.165) is 53.4 Å². The highest BCUT2D eigenvalue weighted by atomic mass is 35.5. The number of hydrogen-bond donors (Lipinski definition) is 3. The lowest BCUT2D eigenvalue weighted by Gasteiger charge is -2.24. The number of H-pyrrole nitrogens is 1. The van der Waals surface area contributed by atoms with Crippen LogP contribution < -0.4 is 5.32 Å². The Morgan fingerprint density at radius 2 is 2.19 bits per heavy atom. The van der Waals surface area contributed by atoms with Crippen molar-refractivity contribution in [1.29, 1.82) is 0 Å². The number of rotatable bonds is 5. The van der Waals surface area contributed by atoms with Gasteiger partial charge in [0.1, 0.15) is 5.04 Å². The van der Waals surface area contributed by atoms with Crippen LogP contribution in [0.4, 0.5) is 5.69 Å². The number of benzene rings is 1. The average molecular weight is 394 g/mol. The molecule has 26 heavy (non-hydrogen) atoms. The van der Waals surface area contributed by atoms with Gasteiger partial charge in [0, 0.05) is 35.4 Å². The monoisotopic (exact) mass is 393 g/mol. The Balaban J connectivity index is 1.62. The number of fused-ring (bicyclic) bond motifs is 1. The summed E-state index contributed by atoms with van der Waals surface area (Å²) in [5.74, 6) is -0.114. The first kappa shape index (κ1) is 17.7. The van der Waals surface area contributed by atoms with Gasteiger partial charge in [0.25, 0.3) is 0 Å². The first-order valence-corrected chi connectivity index (χ1v) is 10.0. The molecule has 2 aliphatic heterocycles. The molecule has 1 aromatic carbocycles. The van der Waals surface area contributed by atoms with Crippen molar-refractivity contribution in [3.05, 3.63) is 28.9 Å². The molecular weight excluding hydrogens is 374 g/mol. The number of halogens is 1. The number of thioether (sulfide) groups is 1. The van der Waals surface area contributed by atoms with Gasteiger partial charge in [0.15, 0.2) is 0 Å². The highest BCUT2D eigenvalue weighted by Crippen LogP contribution is 2.32. The highest BCUT2D eigenvalue weighted by molar-refractivity contribution is 8.14. The summed E-state index contributed by atoms with van der Waals surface area (Å²) in [5.41, 5.74) is 2.90. The molecule has 0 spiro atoms. The van der Waals surface area contributed by atoms with E-state index in [1.807, 2.05) is 18.2 Å². The quantitative estimate of drug-likeness (QED) is 0.720. The molecule has 4 rings (SSSR count). The first-order valence-electron chi connectivity index (χ1n) is 8.68. The Hall–Kier alpha value is -1.70. The number of nitrogens with one attached hydrogen (secondary N) is 2. The van der Waals surface area contributed by atoms with Crippen LogP contribution in [0.2, 0.25) is 5.02 Å². The average Bonchev–Trinajstić information content (AvgIpc) is 3.22. The number of aromatic nitrogens is 1. The number of carboxylic acid groups (broad SMARTS) is 1. The van der Waals surface area contributed by atoms with Crippen LogP contribution in [0.25, 0.3) is 10.9 Å². The summed E-state index contributed by atoms with van der Waals surface area (Å²) in [7, 11) is 0. The maximum atomic E-state index is 10.9. The molecule has 1 saturated heterocycles. The molecule has 0 radical (unpaired) electrons. The molecule has 2 aliphatic rings. The number of aliphatic carboxylic acids is 1. The molecule has 1 atom stereocenters. The van der Waals surface area contributed by atoms with E-state index in [0.29, 0.717) is 16.8 Å². The van der Waals surface area contributed by atoms with E-state index in [1.165, 1.54) is 0 Å². The Labute approximate surface area is 160 Å². The minimum absolute atomic E-state index is 0.0686. The summed E-state index contributed by atoms with van der Waals surface area (Å²) in [5, 5.41) is 15.1. The fraction of sp³-hybridized carbons (Fsp3) is 0.444. The molecule has 0 bridgehead atoms. The molecule has 3 heterocycles. The molecular formula is C18H20ClN3O3S. The van der Waals surface area contributed by atoms with Crippen LogP contribution in [-0.2, 0) is 9.53 Å². The SMILES string of the molecule is O=C(O)CC1CSC(c2cc3cc(Cl)cc(NC4CCOCC4)c3[nH]2)=N1. The van der Waals surface area contributed by atoms with Crippen molar-refractivity contribution in [3.8, 4) is 0 Å². The number of nitrogens with zero attached hydrogens (tertiary/aromatic N) is 1. The molecule has 138 valence electrons. The third kappa shape index (κ3) is 3.84. The second kappa shape index (κ2) is 7.50. The predicted octanol–water partition coefficient (Wildman–Crippen LogP) is 3.75. The number of anilines is 1. The molecule has 1 fully saturated rings. The van der Waals surface area contributed by atoms with E-state index in [2.05, 4.69) is 15.3 Å². The number of carboxylic acids is 1. The predicted molar refractivity (Wildman–Crippen MR) is 106 cm³/mol. The zero-order chi connectivity index (χ0) is 18.1. The molecule has 6 nitrogen and oxygen atoms in total. The Morgan fingerprint density at radius 1 is 1.38 bits per heavy atom. The zero-order valence-corrected chi connectivity index (χ0v) is 15.7. The van der Waals surface area contributed by atoms with Gasteiger partial charge in [-0.05, 0) is 31.0 Å². The topological polar surface area (TPSA) is 86.7 Å². The summed E-state index contributed by atoms with van der Waals surface area (Å²) in [4.78, 5) is 18.9. The van der Waals surface area contributed by atoms with Crippen LogP contribution in [0, 0.1) is 0 Å². The molecule has 1 aromatic heterocycles. The fourth-order valence-corrected chi connectivity index (χ4v) is 4.63. The fourth-order valence-electron chi connectivity index (χ4n) is 3.37. The van der Waals surface area contributed by atoms with Crippen molar-refractivity contribution < 1.29 is 14.6 Å². The second-order valence-electron chi connectivity index (χ2n) is 6.63. The van der Waals surface area contributed by atoms with E-state index in [4.69, 9.17) is 21.4 Å². The van der Waals surface area contributed by atoms with Gasteiger partial charge in [-0.3, -0.25) is 9.79 Å². The number of hydrogen-bond acceptors (Lipinski definition) is 5. The normalized spacial score (nSPS) is 21.1. The molecule has 0 saturated carbocycles. The Morgan fingerprint density at radius 3 is 2.96 bits per heavy atom. The lowest BCUT2D eigenvalue weighted by atomic mass is 10.1. The lowest BCUT2D eigenvalue weighted by Crippen LogP contribution is -2.27. The van der Waals surface area contributed by atoms with Gasteiger partial charge in [-0.2, -0.15) is 0 Å². The molecule has 1 unspecified atom stereocenters. The standard InChI is InChI=1S/C18H20ClN3O3S/c19-11-5-10-6-15(18-21-13(9-26-18)8-16(23)24)22-17(10)14(7-11)20-12-1-3-25-4-2-12/h5-7,12-13,20,22H,1-4,8-9H2,(H,23,24). The molecule has 2 aromatic rings. The van der Waals surface area contributed by atoms with Gasteiger partial charge in [-0.25, -0.2) is 0 Å². The summed E-state index contributed by atoms with van der Waals surface area (Å²) in [6.45, 7) is 1.55. The third-order valence-corrected chi connectivity index (χ3v) is 6.00. The molecule has 3 N–H and O–H groups in total. The van der Waals surface area contributed by atoms with E-state index in [-0.39, 0.29) is 12.5 Å². The van der Waals surface area contributed by atoms with Gasteiger partial charge in [-0.15, -0.1) is 11.8 Å². The minimum Gasteiger partial charge on any atom is -0.481 e. The largest absolute Gasteiger partial charge is 0.481 e. The van der Waals surface area contributed by atoms with Crippen molar-refractivity contribution in [1.82, 2.24) is 4.98 Å². The van der Waals surface area contributed by atoms with E-state index in [9.17, 15) is 4.79 Å². The molecule has 8 heteroatoms. The van der Waals surface area contributed by atoms with Crippen LogP contribution in [0.1, 0.15) is 25.0 Å². The maximum Gasteiger partial charge on any atom is 0.305 e. The third-order valence-electron chi connectivity index (χ3n) is 4.63.